The molecule has 0 heterocycles. The van der Waals surface area contributed by atoms with E-state index in [1.165, 1.54) is 25.7 Å². The van der Waals surface area contributed by atoms with Crippen molar-refractivity contribution < 1.29 is 9.84 Å². The molecule has 2 aliphatic rings. The highest BCUT2D eigenvalue weighted by atomic mass is 16.5. The first-order valence-electron chi connectivity index (χ1n) is 6.12. The minimum absolute atomic E-state index is 0.0444. The average Bonchev–Trinajstić information content (AvgIpc) is 2.23. The lowest BCUT2D eigenvalue weighted by Crippen LogP contribution is -2.43. The zero-order valence-electron chi connectivity index (χ0n) is 9.11. The fourth-order valence-corrected chi connectivity index (χ4v) is 3.31. The van der Waals surface area contributed by atoms with Crippen molar-refractivity contribution in [3.05, 3.63) is 0 Å². The SMILES string of the molecule is CCO[C@@H]1CC[C@H](O)[C@H]2CCCC[C@H]21. The minimum Gasteiger partial charge on any atom is -0.393 e. The maximum absolute atomic E-state index is 9.93. The van der Waals surface area contributed by atoms with E-state index in [-0.39, 0.29) is 6.10 Å². The predicted molar refractivity (Wildman–Crippen MR) is 56.1 cm³/mol. The van der Waals surface area contributed by atoms with Crippen LogP contribution in [0.4, 0.5) is 0 Å². The van der Waals surface area contributed by atoms with Gasteiger partial charge in [-0.05, 0) is 44.4 Å². The van der Waals surface area contributed by atoms with Crippen LogP contribution in [-0.2, 0) is 4.74 Å². The molecule has 82 valence electrons. The molecule has 4 atom stereocenters. The summed E-state index contributed by atoms with van der Waals surface area (Å²) < 4.78 is 5.79. The second-order valence-electron chi connectivity index (χ2n) is 4.75. The number of ether oxygens (including phenoxy) is 1. The van der Waals surface area contributed by atoms with Gasteiger partial charge in [0.05, 0.1) is 12.2 Å². The fraction of sp³-hybridized carbons (Fsp3) is 1.00. The van der Waals surface area contributed by atoms with Crippen LogP contribution in [0.1, 0.15) is 45.4 Å². The molecule has 0 amide bonds. The van der Waals surface area contributed by atoms with E-state index in [4.69, 9.17) is 4.74 Å². The molecule has 0 aromatic carbocycles. The lowest BCUT2D eigenvalue weighted by Gasteiger charge is -2.43. The monoisotopic (exact) mass is 198 g/mol. The van der Waals surface area contributed by atoms with Gasteiger partial charge < -0.3 is 9.84 Å². The van der Waals surface area contributed by atoms with Crippen LogP contribution in [0.3, 0.4) is 0 Å². The lowest BCUT2D eigenvalue weighted by atomic mass is 9.68. The molecule has 1 N–H and O–H groups in total. The summed E-state index contributed by atoms with van der Waals surface area (Å²) in [7, 11) is 0. The normalized spacial score (nSPS) is 43.3. The third kappa shape index (κ3) is 1.96. The van der Waals surface area contributed by atoms with Crippen molar-refractivity contribution >= 4 is 0 Å². The Labute approximate surface area is 86.6 Å². The largest absolute Gasteiger partial charge is 0.393 e. The molecule has 2 fully saturated rings. The van der Waals surface area contributed by atoms with Crippen molar-refractivity contribution in [1.82, 2.24) is 0 Å². The number of aliphatic hydroxyl groups excluding tert-OH is 1. The average molecular weight is 198 g/mol. The molecule has 0 aliphatic heterocycles. The number of hydrogen-bond acceptors (Lipinski definition) is 2. The molecule has 14 heavy (non-hydrogen) atoms. The van der Waals surface area contributed by atoms with E-state index in [9.17, 15) is 5.11 Å². The van der Waals surface area contributed by atoms with Gasteiger partial charge >= 0.3 is 0 Å². The van der Waals surface area contributed by atoms with Crippen LogP contribution in [0.25, 0.3) is 0 Å². The first-order valence-corrected chi connectivity index (χ1v) is 6.12. The van der Waals surface area contributed by atoms with Crippen LogP contribution in [0.15, 0.2) is 0 Å². The molecular formula is C12H22O2. The predicted octanol–water partition coefficient (Wildman–Crippen LogP) is 2.35. The van der Waals surface area contributed by atoms with Gasteiger partial charge in [-0.15, -0.1) is 0 Å². The van der Waals surface area contributed by atoms with Gasteiger partial charge in [0.25, 0.3) is 0 Å². The Balaban J connectivity index is 2.00. The quantitative estimate of drug-likeness (QED) is 0.738. The van der Waals surface area contributed by atoms with Gasteiger partial charge in [-0.25, -0.2) is 0 Å². The van der Waals surface area contributed by atoms with Crippen molar-refractivity contribution in [2.45, 2.75) is 57.7 Å². The number of fused-ring (bicyclic) bond motifs is 1. The molecule has 0 spiro atoms. The maximum atomic E-state index is 9.93. The number of rotatable bonds is 2. The van der Waals surface area contributed by atoms with Crippen molar-refractivity contribution in [3.63, 3.8) is 0 Å². The van der Waals surface area contributed by atoms with Gasteiger partial charge in [-0.1, -0.05) is 12.8 Å². The highest BCUT2D eigenvalue weighted by molar-refractivity contribution is 4.90. The Morgan fingerprint density at radius 2 is 1.79 bits per heavy atom. The third-order valence-electron chi connectivity index (χ3n) is 3.97. The van der Waals surface area contributed by atoms with Crippen molar-refractivity contribution in [2.24, 2.45) is 11.8 Å². The topological polar surface area (TPSA) is 29.5 Å². The summed E-state index contributed by atoms with van der Waals surface area (Å²) in [6, 6.07) is 0. The zero-order chi connectivity index (χ0) is 9.97. The molecule has 2 heteroatoms. The van der Waals surface area contributed by atoms with Gasteiger partial charge in [0.1, 0.15) is 0 Å². The highest BCUT2D eigenvalue weighted by Crippen LogP contribution is 2.41. The zero-order valence-corrected chi connectivity index (χ0v) is 9.11. The van der Waals surface area contributed by atoms with E-state index >= 15 is 0 Å². The standard InChI is InChI=1S/C12H22O2/c1-2-14-12-8-7-11(13)9-5-3-4-6-10(9)12/h9-13H,2-8H2,1H3/t9-,10+,11-,12+/m0/s1. The molecule has 2 nitrogen and oxygen atoms in total. The van der Waals surface area contributed by atoms with E-state index < -0.39 is 0 Å². The molecule has 2 saturated carbocycles. The summed E-state index contributed by atoms with van der Waals surface area (Å²) in [5, 5.41) is 9.93. The highest BCUT2D eigenvalue weighted by Gasteiger charge is 2.40. The van der Waals surface area contributed by atoms with Crippen LogP contribution in [0.2, 0.25) is 0 Å². The van der Waals surface area contributed by atoms with Crippen LogP contribution >= 0.6 is 0 Å². The summed E-state index contributed by atoms with van der Waals surface area (Å²) in [4.78, 5) is 0. The fourth-order valence-electron chi connectivity index (χ4n) is 3.31. The molecule has 2 rings (SSSR count). The van der Waals surface area contributed by atoms with Gasteiger partial charge in [0, 0.05) is 6.61 Å². The molecule has 0 saturated heterocycles. The smallest absolute Gasteiger partial charge is 0.0607 e. The van der Waals surface area contributed by atoms with Crippen molar-refractivity contribution in [3.8, 4) is 0 Å². The number of hydrogen-bond donors (Lipinski definition) is 1. The maximum Gasteiger partial charge on any atom is 0.0607 e. The summed E-state index contributed by atoms with van der Waals surface area (Å²) in [5.41, 5.74) is 0. The Kier molecular flexibility index (Phi) is 3.45. The van der Waals surface area contributed by atoms with Gasteiger partial charge in [-0.2, -0.15) is 0 Å². The Bertz CT molecular complexity index is 181. The number of aliphatic hydroxyl groups is 1. The summed E-state index contributed by atoms with van der Waals surface area (Å²) in [6.45, 7) is 2.90. The van der Waals surface area contributed by atoms with E-state index in [1.54, 1.807) is 0 Å². The summed E-state index contributed by atoms with van der Waals surface area (Å²) >= 11 is 0. The Hall–Kier alpha value is -0.0800. The van der Waals surface area contributed by atoms with Crippen LogP contribution < -0.4 is 0 Å². The summed E-state index contributed by atoms with van der Waals surface area (Å²) in [5.74, 6) is 1.18. The lowest BCUT2D eigenvalue weighted by molar-refractivity contribution is -0.0892. The summed E-state index contributed by atoms with van der Waals surface area (Å²) in [6.07, 6.45) is 7.53. The van der Waals surface area contributed by atoms with E-state index in [1.807, 2.05) is 0 Å². The van der Waals surface area contributed by atoms with Gasteiger partial charge in [0.15, 0.2) is 0 Å². The first kappa shape index (κ1) is 10.4. The molecule has 0 radical (unpaired) electrons. The van der Waals surface area contributed by atoms with Crippen LogP contribution in [0.5, 0.6) is 0 Å². The Morgan fingerprint density at radius 3 is 2.50 bits per heavy atom. The molecule has 0 bridgehead atoms. The third-order valence-corrected chi connectivity index (χ3v) is 3.97. The molecule has 0 aromatic rings. The molecule has 0 unspecified atom stereocenters. The van der Waals surface area contributed by atoms with E-state index in [0.717, 1.165) is 19.4 Å². The van der Waals surface area contributed by atoms with E-state index in [2.05, 4.69) is 6.92 Å². The second-order valence-corrected chi connectivity index (χ2v) is 4.75. The minimum atomic E-state index is -0.0444. The van der Waals surface area contributed by atoms with Gasteiger partial charge in [0.2, 0.25) is 0 Å². The van der Waals surface area contributed by atoms with Gasteiger partial charge in [-0.3, -0.25) is 0 Å². The van der Waals surface area contributed by atoms with Crippen molar-refractivity contribution in [2.75, 3.05) is 6.61 Å². The Morgan fingerprint density at radius 1 is 1.07 bits per heavy atom. The molecular weight excluding hydrogens is 176 g/mol. The van der Waals surface area contributed by atoms with Crippen molar-refractivity contribution in [1.29, 1.82) is 0 Å². The molecule has 2 aliphatic carbocycles. The van der Waals surface area contributed by atoms with Crippen LogP contribution in [-0.4, -0.2) is 23.9 Å². The molecule has 0 aromatic heterocycles. The first-order chi connectivity index (χ1) is 6.83. The second kappa shape index (κ2) is 4.63. The van der Waals surface area contributed by atoms with Crippen LogP contribution in [0, 0.1) is 11.8 Å². The van der Waals surface area contributed by atoms with E-state index in [0.29, 0.717) is 17.9 Å².